The molecule has 0 aromatic heterocycles. The van der Waals surface area contributed by atoms with Crippen LogP contribution in [0.5, 0.6) is 5.75 Å². The summed E-state index contributed by atoms with van der Waals surface area (Å²) in [7, 11) is 1.66. The fourth-order valence-corrected chi connectivity index (χ4v) is 2.94. The van der Waals surface area contributed by atoms with Gasteiger partial charge in [-0.05, 0) is 54.9 Å². The number of hydrogen-bond donors (Lipinski definition) is 2. The lowest BCUT2D eigenvalue weighted by Crippen LogP contribution is -2.40. The summed E-state index contributed by atoms with van der Waals surface area (Å²) >= 11 is 0. The first-order valence-electron chi connectivity index (χ1n) is 6.84. The molecule has 102 valence electrons. The zero-order chi connectivity index (χ0) is 13.4. The average Bonchev–Trinajstić information content (AvgIpc) is 3.16. The van der Waals surface area contributed by atoms with Crippen molar-refractivity contribution in [1.29, 1.82) is 0 Å². The molecular weight excluding hydrogens is 242 g/mol. The summed E-state index contributed by atoms with van der Waals surface area (Å²) in [6.07, 6.45) is 4.04. The predicted molar refractivity (Wildman–Crippen MR) is 71.3 cm³/mol. The lowest BCUT2D eigenvalue weighted by Gasteiger charge is -2.20. The molecule has 2 atom stereocenters. The van der Waals surface area contributed by atoms with Crippen LogP contribution in [0.3, 0.4) is 0 Å². The van der Waals surface area contributed by atoms with E-state index >= 15 is 0 Å². The van der Waals surface area contributed by atoms with Gasteiger partial charge in [-0.2, -0.15) is 0 Å². The van der Waals surface area contributed by atoms with E-state index in [9.17, 15) is 9.90 Å². The average molecular weight is 261 g/mol. The third kappa shape index (κ3) is 2.45. The van der Waals surface area contributed by atoms with Crippen LogP contribution < -0.4 is 10.1 Å². The SMILES string of the molecule is COc1ccc2c(c1)C(NC(C(=O)O)C1CC1)CC2. The van der Waals surface area contributed by atoms with E-state index in [-0.39, 0.29) is 6.04 Å². The maximum Gasteiger partial charge on any atom is 0.320 e. The summed E-state index contributed by atoms with van der Waals surface area (Å²) in [5, 5.41) is 12.6. The molecule has 2 aliphatic rings. The lowest BCUT2D eigenvalue weighted by molar-refractivity contribution is -0.140. The predicted octanol–water partition coefficient (Wildman–Crippen LogP) is 2.14. The largest absolute Gasteiger partial charge is 0.497 e. The molecule has 0 spiro atoms. The number of nitrogens with one attached hydrogen (secondary N) is 1. The summed E-state index contributed by atoms with van der Waals surface area (Å²) < 4.78 is 5.26. The van der Waals surface area contributed by atoms with Crippen molar-refractivity contribution in [2.75, 3.05) is 7.11 Å². The minimum atomic E-state index is -0.723. The Kier molecular flexibility index (Phi) is 3.19. The van der Waals surface area contributed by atoms with Crippen molar-refractivity contribution < 1.29 is 14.6 Å². The Hall–Kier alpha value is -1.55. The molecule has 4 nitrogen and oxygen atoms in total. The maximum atomic E-state index is 11.3. The van der Waals surface area contributed by atoms with Crippen LogP contribution in [0.2, 0.25) is 0 Å². The summed E-state index contributed by atoms with van der Waals surface area (Å²) in [6, 6.07) is 5.83. The van der Waals surface area contributed by atoms with Gasteiger partial charge in [-0.3, -0.25) is 10.1 Å². The minimum absolute atomic E-state index is 0.145. The Morgan fingerprint density at radius 2 is 2.21 bits per heavy atom. The summed E-state index contributed by atoms with van der Waals surface area (Å²) in [4.78, 5) is 11.3. The van der Waals surface area contributed by atoms with Gasteiger partial charge in [0.25, 0.3) is 0 Å². The van der Waals surface area contributed by atoms with Gasteiger partial charge in [0.1, 0.15) is 11.8 Å². The van der Waals surface area contributed by atoms with Gasteiger partial charge < -0.3 is 9.84 Å². The van der Waals surface area contributed by atoms with Gasteiger partial charge in [0, 0.05) is 6.04 Å². The Morgan fingerprint density at radius 3 is 2.84 bits per heavy atom. The zero-order valence-electron chi connectivity index (χ0n) is 11.1. The van der Waals surface area contributed by atoms with Crippen LogP contribution in [0.25, 0.3) is 0 Å². The second-order valence-corrected chi connectivity index (χ2v) is 5.48. The summed E-state index contributed by atoms with van der Waals surface area (Å²) in [5.74, 6) is 0.428. The highest BCUT2D eigenvalue weighted by atomic mass is 16.5. The number of carboxylic acids is 1. The van der Waals surface area contributed by atoms with Crippen LogP contribution in [-0.4, -0.2) is 24.2 Å². The third-order valence-electron chi connectivity index (χ3n) is 4.17. The third-order valence-corrected chi connectivity index (χ3v) is 4.17. The van der Waals surface area contributed by atoms with Crippen LogP contribution in [0.4, 0.5) is 0 Å². The van der Waals surface area contributed by atoms with Gasteiger partial charge in [0.05, 0.1) is 7.11 Å². The molecule has 0 radical (unpaired) electrons. The molecule has 1 aromatic rings. The molecule has 19 heavy (non-hydrogen) atoms. The lowest BCUT2D eigenvalue weighted by atomic mass is 10.1. The van der Waals surface area contributed by atoms with Gasteiger partial charge in [-0.1, -0.05) is 6.07 Å². The van der Waals surface area contributed by atoms with E-state index in [4.69, 9.17) is 4.74 Å². The molecule has 0 saturated heterocycles. The minimum Gasteiger partial charge on any atom is -0.497 e. The second kappa shape index (κ2) is 4.85. The first kappa shape index (κ1) is 12.5. The van der Waals surface area contributed by atoms with Crippen LogP contribution in [-0.2, 0) is 11.2 Å². The van der Waals surface area contributed by atoms with E-state index in [2.05, 4.69) is 11.4 Å². The number of rotatable bonds is 5. The number of benzene rings is 1. The van der Waals surface area contributed by atoms with E-state index in [1.54, 1.807) is 7.11 Å². The second-order valence-electron chi connectivity index (χ2n) is 5.48. The highest BCUT2D eigenvalue weighted by Crippen LogP contribution is 2.38. The molecule has 0 aliphatic heterocycles. The first-order valence-corrected chi connectivity index (χ1v) is 6.84. The smallest absolute Gasteiger partial charge is 0.320 e. The fraction of sp³-hybridized carbons (Fsp3) is 0.533. The van der Waals surface area contributed by atoms with Crippen molar-refractivity contribution in [3.63, 3.8) is 0 Å². The fourth-order valence-electron chi connectivity index (χ4n) is 2.94. The van der Waals surface area contributed by atoms with Crippen LogP contribution in [0.15, 0.2) is 18.2 Å². The first-order chi connectivity index (χ1) is 9.19. The highest BCUT2D eigenvalue weighted by Gasteiger charge is 2.38. The van der Waals surface area contributed by atoms with Crippen molar-refractivity contribution in [1.82, 2.24) is 5.32 Å². The van der Waals surface area contributed by atoms with E-state index in [0.29, 0.717) is 5.92 Å². The molecule has 0 amide bonds. The molecule has 2 N–H and O–H groups in total. The van der Waals surface area contributed by atoms with Crippen molar-refractivity contribution in [3.05, 3.63) is 29.3 Å². The standard InChI is InChI=1S/C15H19NO3/c1-19-11-6-4-9-5-7-13(12(9)8-11)16-14(15(17)18)10-2-3-10/h4,6,8,10,13-14,16H,2-3,5,7H2,1H3,(H,17,18). The Labute approximate surface area is 112 Å². The molecule has 1 aromatic carbocycles. The van der Waals surface area contributed by atoms with E-state index in [0.717, 1.165) is 31.4 Å². The molecule has 2 unspecified atom stereocenters. The Bertz CT molecular complexity index is 496. The van der Waals surface area contributed by atoms with E-state index in [1.807, 2.05) is 12.1 Å². The highest BCUT2D eigenvalue weighted by molar-refractivity contribution is 5.74. The summed E-state index contributed by atoms with van der Waals surface area (Å²) in [6.45, 7) is 0. The quantitative estimate of drug-likeness (QED) is 0.852. The number of fused-ring (bicyclic) bond motifs is 1. The van der Waals surface area contributed by atoms with Gasteiger partial charge in [-0.15, -0.1) is 0 Å². The van der Waals surface area contributed by atoms with Crippen LogP contribution >= 0.6 is 0 Å². The van der Waals surface area contributed by atoms with Crippen molar-refractivity contribution >= 4 is 5.97 Å². The van der Waals surface area contributed by atoms with Crippen molar-refractivity contribution in [2.45, 2.75) is 37.8 Å². The normalized spacial score (nSPS) is 22.9. The molecule has 0 heterocycles. The number of ether oxygens (including phenoxy) is 1. The van der Waals surface area contributed by atoms with E-state index < -0.39 is 12.0 Å². The number of carboxylic acid groups (broad SMARTS) is 1. The molecule has 2 aliphatic carbocycles. The van der Waals surface area contributed by atoms with Gasteiger partial charge >= 0.3 is 5.97 Å². The van der Waals surface area contributed by atoms with Gasteiger partial charge in [-0.25, -0.2) is 0 Å². The zero-order valence-corrected chi connectivity index (χ0v) is 11.1. The van der Waals surface area contributed by atoms with Crippen molar-refractivity contribution in [2.24, 2.45) is 5.92 Å². The molecule has 1 fully saturated rings. The molecule has 4 heteroatoms. The monoisotopic (exact) mass is 261 g/mol. The Balaban J connectivity index is 1.79. The number of aryl methyl sites for hydroxylation is 1. The molecular formula is C15H19NO3. The number of carbonyl (C=O) groups is 1. The topological polar surface area (TPSA) is 58.6 Å². The number of methoxy groups -OCH3 is 1. The van der Waals surface area contributed by atoms with Crippen LogP contribution in [0.1, 0.15) is 36.4 Å². The Morgan fingerprint density at radius 1 is 1.42 bits per heavy atom. The number of hydrogen-bond acceptors (Lipinski definition) is 3. The van der Waals surface area contributed by atoms with Gasteiger partial charge in [0.15, 0.2) is 0 Å². The van der Waals surface area contributed by atoms with E-state index in [1.165, 1.54) is 11.1 Å². The van der Waals surface area contributed by atoms with Crippen molar-refractivity contribution in [3.8, 4) is 5.75 Å². The number of aliphatic carboxylic acids is 1. The van der Waals surface area contributed by atoms with Crippen LogP contribution in [0, 0.1) is 5.92 Å². The molecule has 0 bridgehead atoms. The summed E-state index contributed by atoms with van der Waals surface area (Å²) in [5.41, 5.74) is 2.50. The molecule has 1 saturated carbocycles. The molecule has 3 rings (SSSR count). The van der Waals surface area contributed by atoms with Gasteiger partial charge in [0.2, 0.25) is 0 Å². The maximum absolute atomic E-state index is 11.3.